The summed E-state index contributed by atoms with van der Waals surface area (Å²) in [6, 6.07) is 0.334. The number of likely N-dealkylation sites (N-methyl/N-ethyl adjacent to an activating group) is 1. The second kappa shape index (κ2) is 6.68. The van der Waals surface area contributed by atoms with Gasteiger partial charge < -0.3 is 14.6 Å². The van der Waals surface area contributed by atoms with E-state index in [2.05, 4.69) is 36.2 Å². The second-order valence-electron chi connectivity index (χ2n) is 5.72. The molecule has 2 rings (SSSR count). The number of hydrogen-bond acceptors (Lipinski definition) is 5. The van der Waals surface area contributed by atoms with Crippen molar-refractivity contribution < 1.29 is 9.26 Å². The molecular formula is C15H27N3O2. The van der Waals surface area contributed by atoms with E-state index < -0.39 is 0 Å². The molecule has 0 saturated heterocycles. The van der Waals surface area contributed by atoms with Crippen LogP contribution in [-0.2, 0) is 10.3 Å². The zero-order valence-electron chi connectivity index (χ0n) is 13.1. The number of nitrogens with one attached hydrogen (secondary N) is 1. The van der Waals surface area contributed by atoms with E-state index in [1.807, 2.05) is 0 Å². The van der Waals surface area contributed by atoms with Crippen LogP contribution in [0.3, 0.4) is 0 Å². The number of aromatic nitrogens is 2. The van der Waals surface area contributed by atoms with Crippen LogP contribution in [0.4, 0.5) is 0 Å². The molecule has 5 heteroatoms. The lowest BCUT2D eigenvalue weighted by Crippen LogP contribution is -2.32. The first kappa shape index (κ1) is 15.4. The molecule has 0 amide bonds. The lowest BCUT2D eigenvalue weighted by atomic mass is 9.97. The minimum atomic E-state index is -0.318. The smallest absolute Gasteiger partial charge is 0.231 e. The summed E-state index contributed by atoms with van der Waals surface area (Å²) in [4.78, 5) is 4.67. The fourth-order valence-electron chi connectivity index (χ4n) is 3.24. The minimum Gasteiger partial charge on any atom is -0.370 e. The highest BCUT2D eigenvalue weighted by atomic mass is 16.5. The normalized spacial score (nSPS) is 21.0. The highest BCUT2D eigenvalue weighted by molar-refractivity contribution is 5.07. The summed E-state index contributed by atoms with van der Waals surface area (Å²) in [6.07, 6.45) is 5.30. The fraction of sp³-hybridized carbons (Fsp3) is 0.867. The topological polar surface area (TPSA) is 60.2 Å². The third-order valence-electron chi connectivity index (χ3n) is 4.54. The number of methoxy groups -OCH3 is 1. The van der Waals surface area contributed by atoms with Crippen molar-refractivity contribution in [2.24, 2.45) is 0 Å². The monoisotopic (exact) mass is 281 g/mol. The maximum Gasteiger partial charge on any atom is 0.231 e. The van der Waals surface area contributed by atoms with E-state index >= 15 is 0 Å². The molecule has 20 heavy (non-hydrogen) atoms. The number of rotatable bonds is 7. The van der Waals surface area contributed by atoms with E-state index in [9.17, 15) is 0 Å². The van der Waals surface area contributed by atoms with Crippen LogP contribution in [0.1, 0.15) is 70.5 Å². The Bertz CT molecular complexity index is 413. The average Bonchev–Trinajstić information content (AvgIpc) is 3.09. The molecule has 1 fully saturated rings. The number of hydrogen-bond donors (Lipinski definition) is 1. The summed E-state index contributed by atoms with van der Waals surface area (Å²) in [7, 11) is 1.75. The molecule has 1 aliphatic carbocycles. The molecule has 0 bridgehead atoms. The van der Waals surface area contributed by atoms with Crippen molar-refractivity contribution in [1.82, 2.24) is 15.5 Å². The summed E-state index contributed by atoms with van der Waals surface area (Å²) >= 11 is 0. The van der Waals surface area contributed by atoms with Crippen molar-refractivity contribution in [3.05, 3.63) is 11.7 Å². The van der Waals surface area contributed by atoms with Gasteiger partial charge in [-0.3, -0.25) is 0 Å². The summed E-state index contributed by atoms with van der Waals surface area (Å²) < 4.78 is 11.3. The van der Waals surface area contributed by atoms with Gasteiger partial charge in [-0.05, 0) is 45.6 Å². The molecule has 1 heterocycles. The lowest BCUT2D eigenvalue weighted by Gasteiger charge is -2.23. The Morgan fingerprint density at radius 1 is 1.35 bits per heavy atom. The van der Waals surface area contributed by atoms with Gasteiger partial charge in [0.1, 0.15) is 5.60 Å². The first-order chi connectivity index (χ1) is 9.66. The largest absolute Gasteiger partial charge is 0.370 e. The Balaban J connectivity index is 2.18. The molecule has 2 atom stereocenters. The summed E-state index contributed by atoms with van der Waals surface area (Å²) in [5.74, 6) is 1.72. The predicted molar refractivity (Wildman–Crippen MR) is 77.6 cm³/mol. The van der Waals surface area contributed by atoms with Gasteiger partial charge in [-0.15, -0.1) is 0 Å². The van der Waals surface area contributed by atoms with E-state index in [-0.39, 0.29) is 11.5 Å². The van der Waals surface area contributed by atoms with Crippen molar-refractivity contribution in [2.75, 3.05) is 13.7 Å². The average molecular weight is 281 g/mol. The maximum absolute atomic E-state index is 5.72. The molecule has 0 aliphatic heterocycles. The molecule has 1 aliphatic rings. The van der Waals surface area contributed by atoms with Crippen molar-refractivity contribution >= 4 is 0 Å². The quantitative estimate of drug-likeness (QED) is 0.832. The summed E-state index contributed by atoms with van der Waals surface area (Å²) in [5.41, 5.74) is -0.318. The lowest BCUT2D eigenvalue weighted by molar-refractivity contribution is -0.0178. The molecule has 1 saturated carbocycles. The molecule has 1 aromatic rings. The standard InChI is InChI=1S/C15H27N3O2/c1-5-12(11(3)16-6-2)13-17-14(18-20-13)15(19-4)9-7-8-10-15/h11-12,16H,5-10H2,1-4H3. The molecule has 0 aromatic carbocycles. The fourth-order valence-corrected chi connectivity index (χ4v) is 3.24. The van der Waals surface area contributed by atoms with E-state index in [0.29, 0.717) is 6.04 Å². The first-order valence-corrected chi connectivity index (χ1v) is 7.79. The van der Waals surface area contributed by atoms with Crippen LogP contribution in [-0.4, -0.2) is 29.8 Å². The molecule has 1 aromatic heterocycles. The van der Waals surface area contributed by atoms with Crippen LogP contribution in [0.15, 0.2) is 4.52 Å². The molecule has 114 valence electrons. The van der Waals surface area contributed by atoms with Gasteiger partial charge in [0.15, 0.2) is 0 Å². The van der Waals surface area contributed by atoms with Gasteiger partial charge in [0.05, 0.1) is 5.92 Å². The van der Waals surface area contributed by atoms with E-state index in [1.165, 1.54) is 12.8 Å². The van der Waals surface area contributed by atoms with Gasteiger partial charge >= 0.3 is 0 Å². The molecule has 0 radical (unpaired) electrons. The Morgan fingerprint density at radius 2 is 2.05 bits per heavy atom. The van der Waals surface area contributed by atoms with Crippen LogP contribution in [0.25, 0.3) is 0 Å². The molecule has 1 N–H and O–H groups in total. The third-order valence-corrected chi connectivity index (χ3v) is 4.54. The van der Waals surface area contributed by atoms with Crippen LogP contribution in [0.5, 0.6) is 0 Å². The first-order valence-electron chi connectivity index (χ1n) is 7.79. The Labute approximate surface area is 121 Å². The summed E-state index contributed by atoms with van der Waals surface area (Å²) in [5, 5.41) is 7.65. The number of ether oxygens (including phenoxy) is 1. The highest BCUT2D eigenvalue weighted by Crippen LogP contribution is 2.40. The van der Waals surface area contributed by atoms with Gasteiger partial charge in [-0.25, -0.2) is 0 Å². The minimum absolute atomic E-state index is 0.256. The molecule has 2 unspecified atom stereocenters. The van der Waals surface area contributed by atoms with Gasteiger partial charge in [-0.1, -0.05) is 19.0 Å². The zero-order valence-corrected chi connectivity index (χ0v) is 13.1. The van der Waals surface area contributed by atoms with Gasteiger partial charge in [0, 0.05) is 13.2 Å². The maximum atomic E-state index is 5.72. The number of nitrogens with zero attached hydrogens (tertiary/aromatic N) is 2. The van der Waals surface area contributed by atoms with E-state index in [0.717, 1.165) is 37.5 Å². The van der Waals surface area contributed by atoms with Crippen molar-refractivity contribution in [1.29, 1.82) is 0 Å². The van der Waals surface area contributed by atoms with Crippen LogP contribution in [0, 0.1) is 0 Å². The van der Waals surface area contributed by atoms with E-state index in [4.69, 9.17) is 9.26 Å². The van der Waals surface area contributed by atoms with Gasteiger partial charge in [0.25, 0.3) is 0 Å². The Hall–Kier alpha value is -0.940. The van der Waals surface area contributed by atoms with Crippen molar-refractivity contribution in [3.63, 3.8) is 0 Å². The van der Waals surface area contributed by atoms with Crippen molar-refractivity contribution in [2.45, 2.75) is 70.4 Å². The molecule has 5 nitrogen and oxygen atoms in total. The highest BCUT2D eigenvalue weighted by Gasteiger charge is 2.40. The predicted octanol–water partition coefficient (Wildman–Crippen LogP) is 2.98. The van der Waals surface area contributed by atoms with Crippen LogP contribution in [0.2, 0.25) is 0 Å². The zero-order chi connectivity index (χ0) is 14.6. The third kappa shape index (κ3) is 2.88. The van der Waals surface area contributed by atoms with Gasteiger partial charge in [0.2, 0.25) is 11.7 Å². The van der Waals surface area contributed by atoms with Crippen LogP contribution >= 0.6 is 0 Å². The van der Waals surface area contributed by atoms with Gasteiger partial charge in [-0.2, -0.15) is 4.98 Å². The Kier molecular flexibility index (Phi) is 5.16. The van der Waals surface area contributed by atoms with E-state index in [1.54, 1.807) is 7.11 Å². The van der Waals surface area contributed by atoms with Crippen LogP contribution < -0.4 is 5.32 Å². The second-order valence-corrected chi connectivity index (χ2v) is 5.72. The Morgan fingerprint density at radius 3 is 2.60 bits per heavy atom. The van der Waals surface area contributed by atoms with Crippen molar-refractivity contribution in [3.8, 4) is 0 Å². The molecular weight excluding hydrogens is 254 g/mol. The SMILES string of the molecule is CCNC(C)C(CC)c1nc(C2(OC)CCCC2)no1. The summed E-state index contributed by atoms with van der Waals surface area (Å²) in [6.45, 7) is 7.38. The molecule has 0 spiro atoms.